The van der Waals surface area contributed by atoms with E-state index in [1.807, 2.05) is 6.07 Å². The number of aryl methyl sites for hydroxylation is 1. The van der Waals surface area contributed by atoms with Crippen LogP contribution in [0.3, 0.4) is 0 Å². The van der Waals surface area contributed by atoms with E-state index >= 15 is 0 Å². The number of hydrogen-bond donors (Lipinski definition) is 4. The first-order chi connectivity index (χ1) is 15.0. The number of rotatable bonds is 9. The molecule has 0 saturated carbocycles. The number of aliphatic carboxylic acids is 1. The molecule has 2 rings (SSSR count). The fourth-order valence-corrected chi connectivity index (χ4v) is 3.71. The zero-order chi connectivity index (χ0) is 24.0. The number of hydrogen-bond acceptors (Lipinski definition) is 5. The van der Waals surface area contributed by atoms with Crippen LogP contribution in [0.5, 0.6) is 0 Å². The SMILES string of the molecule is Cc1ccccc1C(=O)N[C@H](C(=O)N1CCC[C@H]1C(=O)NC(CC(=O)O)C(N)=O)C(C)C. The van der Waals surface area contributed by atoms with Crippen molar-refractivity contribution in [1.82, 2.24) is 15.5 Å². The van der Waals surface area contributed by atoms with Crippen LogP contribution in [0.2, 0.25) is 0 Å². The van der Waals surface area contributed by atoms with Gasteiger partial charge >= 0.3 is 5.97 Å². The maximum atomic E-state index is 13.3. The molecule has 1 aliphatic heterocycles. The third-order valence-corrected chi connectivity index (χ3v) is 5.49. The summed E-state index contributed by atoms with van der Waals surface area (Å²) in [7, 11) is 0. The van der Waals surface area contributed by atoms with Crippen molar-refractivity contribution in [3.05, 3.63) is 35.4 Å². The van der Waals surface area contributed by atoms with Crippen LogP contribution >= 0.6 is 0 Å². The first-order valence-electron chi connectivity index (χ1n) is 10.5. The third-order valence-electron chi connectivity index (χ3n) is 5.49. The summed E-state index contributed by atoms with van der Waals surface area (Å²) in [6, 6.07) is 3.91. The maximum absolute atomic E-state index is 13.3. The molecule has 1 heterocycles. The van der Waals surface area contributed by atoms with Crippen LogP contribution < -0.4 is 16.4 Å². The molecule has 10 heteroatoms. The highest BCUT2D eigenvalue weighted by molar-refractivity contribution is 6.00. The number of amides is 4. The summed E-state index contributed by atoms with van der Waals surface area (Å²) in [6.07, 6.45) is 0.260. The lowest BCUT2D eigenvalue weighted by Gasteiger charge is -2.31. The maximum Gasteiger partial charge on any atom is 0.305 e. The monoisotopic (exact) mass is 446 g/mol. The van der Waals surface area contributed by atoms with Gasteiger partial charge in [0.25, 0.3) is 5.91 Å². The summed E-state index contributed by atoms with van der Waals surface area (Å²) >= 11 is 0. The molecule has 0 bridgehead atoms. The van der Waals surface area contributed by atoms with Crippen molar-refractivity contribution >= 4 is 29.6 Å². The topological polar surface area (TPSA) is 159 Å². The molecular weight excluding hydrogens is 416 g/mol. The van der Waals surface area contributed by atoms with Crippen molar-refractivity contribution < 1.29 is 29.1 Å². The Kier molecular flexibility index (Phi) is 8.34. The Balaban J connectivity index is 2.16. The third kappa shape index (κ3) is 6.05. The molecule has 32 heavy (non-hydrogen) atoms. The summed E-state index contributed by atoms with van der Waals surface area (Å²) in [5, 5.41) is 14.0. The van der Waals surface area contributed by atoms with Gasteiger partial charge in [0.15, 0.2) is 0 Å². The van der Waals surface area contributed by atoms with E-state index in [0.29, 0.717) is 24.9 Å². The van der Waals surface area contributed by atoms with E-state index in [1.165, 1.54) is 4.90 Å². The van der Waals surface area contributed by atoms with E-state index in [4.69, 9.17) is 10.8 Å². The minimum Gasteiger partial charge on any atom is -0.481 e. The Morgan fingerprint density at radius 2 is 1.81 bits per heavy atom. The Hall–Kier alpha value is -3.43. The first kappa shape index (κ1) is 24.8. The summed E-state index contributed by atoms with van der Waals surface area (Å²) in [5.41, 5.74) is 6.42. The number of benzene rings is 1. The van der Waals surface area contributed by atoms with Crippen LogP contribution in [0.25, 0.3) is 0 Å². The quantitative estimate of drug-likeness (QED) is 0.424. The van der Waals surface area contributed by atoms with Crippen molar-refractivity contribution in [3.8, 4) is 0 Å². The molecule has 1 fully saturated rings. The van der Waals surface area contributed by atoms with Crippen molar-refractivity contribution in [1.29, 1.82) is 0 Å². The van der Waals surface area contributed by atoms with E-state index in [2.05, 4.69) is 10.6 Å². The molecule has 1 unspecified atom stereocenters. The lowest BCUT2D eigenvalue weighted by molar-refractivity contribution is -0.143. The molecule has 1 aromatic carbocycles. The number of carboxylic acids is 1. The van der Waals surface area contributed by atoms with Gasteiger partial charge in [-0.15, -0.1) is 0 Å². The number of nitrogens with one attached hydrogen (secondary N) is 2. The van der Waals surface area contributed by atoms with Crippen LogP contribution in [0, 0.1) is 12.8 Å². The lowest BCUT2D eigenvalue weighted by Crippen LogP contribution is -2.57. The van der Waals surface area contributed by atoms with Crippen LogP contribution in [0.4, 0.5) is 0 Å². The highest BCUT2D eigenvalue weighted by Gasteiger charge is 2.39. The minimum absolute atomic E-state index is 0.245. The predicted octanol–water partition coefficient (Wildman–Crippen LogP) is 0.185. The van der Waals surface area contributed by atoms with Crippen LogP contribution in [0.15, 0.2) is 24.3 Å². The van der Waals surface area contributed by atoms with Crippen molar-refractivity contribution in [2.24, 2.45) is 11.7 Å². The number of nitrogens with two attached hydrogens (primary N) is 1. The van der Waals surface area contributed by atoms with E-state index in [9.17, 15) is 24.0 Å². The summed E-state index contributed by atoms with van der Waals surface area (Å²) in [4.78, 5) is 62.6. The summed E-state index contributed by atoms with van der Waals surface area (Å²) in [6.45, 7) is 5.69. The normalized spacial score (nSPS) is 17.5. The molecule has 0 spiro atoms. The highest BCUT2D eigenvalue weighted by atomic mass is 16.4. The number of carbonyl (C=O) groups is 5. The predicted molar refractivity (Wildman–Crippen MR) is 115 cm³/mol. The second kappa shape index (κ2) is 10.7. The molecular formula is C22H30N4O6. The van der Waals surface area contributed by atoms with Crippen LogP contribution in [-0.2, 0) is 19.2 Å². The molecule has 1 saturated heterocycles. The number of carboxylic acid groups (broad SMARTS) is 1. The smallest absolute Gasteiger partial charge is 0.305 e. The van der Waals surface area contributed by atoms with E-state index in [-0.39, 0.29) is 11.8 Å². The zero-order valence-electron chi connectivity index (χ0n) is 18.5. The van der Waals surface area contributed by atoms with E-state index in [0.717, 1.165) is 5.56 Å². The summed E-state index contributed by atoms with van der Waals surface area (Å²) in [5.74, 6) is -3.94. The number of likely N-dealkylation sites (tertiary alicyclic amines) is 1. The highest BCUT2D eigenvalue weighted by Crippen LogP contribution is 2.21. The molecule has 0 radical (unpaired) electrons. The van der Waals surface area contributed by atoms with Crippen LogP contribution in [0.1, 0.15) is 49.0 Å². The Morgan fingerprint density at radius 3 is 2.38 bits per heavy atom. The van der Waals surface area contributed by atoms with Gasteiger partial charge in [-0.1, -0.05) is 32.0 Å². The molecule has 1 aromatic rings. The summed E-state index contributed by atoms with van der Waals surface area (Å²) < 4.78 is 0. The zero-order valence-corrected chi connectivity index (χ0v) is 18.5. The second-order valence-electron chi connectivity index (χ2n) is 8.26. The van der Waals surface area contributed by atoms with Gasteiger partial charge in [-0.05, 0) is 37.3 Å². The fraction of sp³-hybridized carbons (Fsp3) is 0.500. The van der Waals surface area contributed by atoms with Crippen molar-refractivity contribution in [2.45, 2.75) is 58.2 Å². The van der Waals surface area contributed by atoms with Gasteiger partial charge in [0.1, 0.15) is 18.1 Å². The van der Waals surface area contributed by atoms with Gasteiger partial charge < -0.3 is 26.4 Å². The fourth-order valence-electron chi connectivity index (χ4n) is 3.71. The van der Waals surface area contributed by atoms with Gasteiger partial charge in [-0.2, -0.15) is 0 Å². The minimum atomic E-state index is -1.38. The Labute approximate surface area is 186 Å². The van der Waals surface area contributed by atoms with E-state index in [1.54, 1.807) is 39.0 Å². The first-order valence-corrected chi connectivity index (χ1v) is 10.5. The average molecular weight is 447 g/mol. The Morgan fingerprint density at radius 1 is 1.16 bits per heavy atom. The molecule has 1 aliphatic rings. The molecule has 10 nitrogen and oxygen atoms in total. The van der Waals surface area contributed by atoms with Crippen molar-refractivity contribution in [2.75, 3.05) is 6.54 Å². The van der Waals surface area contributed by atoms with Gasteiger partial charge in [0.05, 0.1) is 6.42 Å². The van der Waals surface area contributed by atoms with Gasteiger partial charge in [-0.25, -0.2) is 0 Å². The number of nitrogens with zero attached hydrogens (tertiary/aromatic N) is 1. The van der Waals surface area contributed by atoms with Gasteiger partial charge in [0, 0.05) is 12.1 Å². The average Bonchev–Trinajstić information content (AvgIpc) is 3.20. The molecule has 4 amide bonds. The van der Waals surface area contributed by atoms with Gasteiger partial charge in [0.2, 0.25) is 17.7 Å². The lowest BCUT2D eigenvalue weighted by atomic mass is 10.0. The standard InChI is InChI=1S/C22H30N4O6/c1-12(2)18(25-20(30)14-8-5-4-7-13(14)3)22(32)26-10-6-9-16(26)21(31)24-15(19(23)29)11-17(27)28/h4-5,7-8,12,15-16,18H,6,9-11H2,1-3H3,(H2,23,29)(H,24,31)(H,25,30)(H,27,28)/t15?,16-,18-/m0/s1. The van der Waals surface area contributed by atoms with Gasteiger partial charge in [-0.3, -0.25) is 24.0 Å². The van der Waals surface area contributed by atoms with Crippen LogP contribution in [-0.4, -0.2) is 64.3 Å². The molecule has 0 aromatic heterocycles. The number of primary amides is 1. The molecule has 3 atom stereocenters. The Bertz CT molecular complexity index is 900. The number of carbonyl (C=O) groups excluding carboxylic acids is 4. The van der Waals surface area contributed by atoms with Crippen molar-refractivity contribution in [3.63, 3.8) is 0 Å². The second-order valence-corrected chi connectivity index (χ2v) is 8.26. The molecule has 174 valence electrons. The molecule has 5 N–H and O–H groups in total. The van der Waals surface area contributed by atoms with E-state index < -0.39 is 48.2 Å². The largest absolute Gasteiger partial charge is 0.481 e. The molecule has 0 aliphatic carbocycles.